The fraction of sp³-hybridized carbons (Fsp3) is 0.600. The molecule has 0 saturated heterocycles. The highest BCUT2D eigenvalue weighted by atomic mass is 32.2. The van der Waals surface area contributed by atoms with Gasteiger partial charge in [0.1, 0.15) is 5.82 Å². The molecule has 0 saturated carbocycles. The lowest BCUT2D eigenvalue weighted by Gasteiger charge is -2.29. The quantitative estimate of drug-likeness (QED) is 0.854. The van der Waals surface area contributed by atoms with E-state index >= 15 is 0 Å². The van der Waals surface area contributed by atoms with Crippen LogP contribution in [0, 0.1) is 5.82 Å². The second kappa shape index (κ2) is 5.35. The van der Waals surface area contributed by atoms with Crippen LogP contribution in [0.15, 0.2) is 12.1 Å². The van der Waals surface area contributed by atoms with Crippen LogP contribution < -0.4 is 4.31 Å². The monoisotopic (exact) mass is 301 g/mol. The first kappa shape index (κ1) is 17.0. The number of nitrogens with zero attached hydrogens (tertiary/aromatic N) is 1. The summed E-state index contributed by atoms with van der Waals surface area (Å²) in [5.41, 5.74) is 1.42. The van der Waals surface area contributed by atoms with E-state index in [0.717, 1.165) is 6.26 Å². The van der Waals surface area contributed by atoms with E-state index in [-0.39, 0.29) is 17.2 Å². The van der Waals surface area contributed by atoms with Crippen molar-refractivity contribution in [2.45, 2.75) is 46.0 Å². The molecule has 0 aliphatic heterocycles. The molecular weight excluding hydrogens is 277 g/mol. The van der Waals surface area contributed by atoms with E-state index in [1.807, 2.05) is 34.6 Å². The summed E-state index contributed by atoms with van der Waals surface area (Å²) in [5.74, 6) is -0.286. The van der Waals surface area contributed by atoms with Crippen molar-refractivity contribution >= 4 is 15.7 Å². The van der Waals surface area contributed by atoms with Crippen molar-refractivity contribution in [2.24, 2.45) is 0 Å². The van der Waals surface area contributed by atoms with Gasteiger partial charge in [-0.2, -0.15) is 0 Å². The number of halogens is 1. The Morgan fingerprint density at radius 1 is 1.20 bits per heavy atom. The highest BCUT2D eigenvalue weighted by Crippen LogP contribution is 2.36. The molecule has 0 unspecified atom stereocenters. The second-order valence-electron chi connectivity index (χ2n) is 6.53. The van der Waals surface area contributed by atoms with E-state index in [1.165, 1.54) is 17.4 Å². The number of hydrogen-bond donors (Lipinski definition) is 0. The summed E-state index contributed by atoms with van der Waals surface area (Å²) in [6, 6.07) is 3.12. The van der Waals surface area contributed by atoms with Gasteiger partial charge in [0.2, 0.25) is 10.0 Å². The fourth-order valence-corrected chi connectivity index (χ4v) is 2.57. The van der Waals surface area contributed by atoms with Gasteiger partial charge in [-0.3, -0.25) is 4.31 Å². The third-order valence-electron chi connectivity index (χ3n) is 3.38. The van der Waals surface area contributed by atoms with Crippen LogP contribution in [0.2, 0.25) is 0 Å². The Bertz CT molecular complexity index is 601. The van der Waals surface area contributed by atoms with Gasteiger partial charge >= 0.3 is 0 Å². The van der Waals surface area contributed by atoms with Gasteiger partial charge in [-0.25, -0.2) is 12.8 Å². The van der Waals surface area contributed by atoms with Crippen molar-refractivity contribution in [3.63, 3.8) is 0 Å². The van der Waals surface area contributed by atoms with Crippen LogP contribution in [0.25, 0.3) is 0 Å². The maximum absolute atomic E-state index is 14.2. The average Bonchev–Trinajstić information content (AvgIpc) is 2.24. The molecule has 0 fully saturated rings. The van der Waals surface area contributed by atoms with Crippen LogP contribution in [0.1, 0.15) is 51.7 Å². The van der Waals surface area contributed by atoms with Crippen LogP contribution in [0.4, 0.5) is 10.1 Å². The molecule has 3 nitrogen and oxygen atoms in total. The standard InChI is InChI=1S/C15H24FNO2S/c1-10(2)11-8-14(17(6)20(7,18)19)12(9-13(11)16)15(3,4)5/h8-10H,1-7H3. The number of rotatable bonds is 3. The zero-order chi connectivity index (χ0) is 15.9. The number of benzene rings is 1. The van der Waals surface area contributed by atoms with Gasteiger partial charge in [0.05, 0.1) is 11.9 Å². The maximum atomic E-state index is 14.2. The van der Waals surface area contributed by atoms with Crippen LogP contribution in [0.3, 0.4) is 0 Å². The molecule has 0 amide bonds. The van der Waals surface area contributed by atoms with E-state index in [4.69, 9.17) is 0 Å². The largest absolute Gasteiger partial charge is 0.273 e. The van der Waals surface area contributed by atoms with Crippen LogP contribution in [-0.4, -0.2) is 21.7 Å². The third-order valence-corrected chi connectivity index (χ3v) is 4.57. The summed E-state index contributed by atoms with van der Waals surface area (Å²) in [4.78, 5) is 0. The molecule has 1 aromatic carbocycles. The molecule has 0 radical (unpaired) electrons. The highest BCUT2D eigenvalue weighted by molar-refractivity contribution is 7.92. The van der Waals surface area contributed by atoms with Crippen molar-refractivity contribution in [3.05, 3.63) is 29.1 Å². The normalized spacial score (nSPS) is 12.8. The summed E-state index contributed by atoms with van der Waals surface area (Å²) in [6.45, 7) is 9.60. The molecule has 0 aliphatic carbocycles. The molecule has 0 aromatic heterocycles. The van der Waals surface area contributed by atoms with Crippen molar-refractivity contribution in [1.82, 2.24) is 0 Å². The lowest BCUT2D eigenvalue weighted by molar-refractivity contribution is 0.560. The Balaban J connectivity index is 3.65. The predicted octanol–water partition coefficient (Wildman–Crippen LogP) is 3.64. The summed E-state index contributed by atoms with van der Waals surface area (Å²) in [5, 5.41) is 0. The smallest absolute Gasteiger partial charge is 0.232 e. The molecule has 114 valence electrons. The van der Waals surface area contributed by atoms with E-state index in [0.29, 0.717) is 16.8 Å². The van der Waals surface area contributed by atoms with Crippen LogP contribution in [0.5, 0.6) is 0 Å². The van der Waals surface area contributed by atoms with Gasteiger partial charge in [0, 0.05) is 7.05 Å². The fourth-order valence-electron chi connectivity index (χ4n) is 2.06. The molecule has 5 heteroatoms. The minimum absolute atomic E-state index is 0.00396. The van der Waals surface area contributed by atoms with E-state index < -0.39 is 10.0 Å². The lowest BCUT2D eigenvalue weighted by atomic mass is 9.84. The first-order valence-electron chi connectivity index (χ1n) is 6.63. The molecule has 0 N–H and O–H groups in total. The SMILES string of the molecule is CC(C)c1cc(N(C)S(C)(=O)=O)c(C(C)(C)C)cc1F. The minimum atomic E-state index is -3.38. The molecule has 1 rings (SSSR count). The molecule has 0 atom stereocenters. The zero-order valence-corrected chi connectivity index (χ0v) is 14.1. The Kier molecular flexibility index (Phi) is 4.54. The number of sulfonamides is 1. The van der Waals surface area contributed by atoms with Crippen LogP contribution in [-0.2, 0) is 15.4 Å². The molecule has 0 aliphatic rings. The topological polar surface area (TPSA) is 37.4 Å². The number of anilines is 1. The first-order chi connectivity index (χ1) is 8.85. The summed E-state index contributed by atoms with van der Waals surface area (Å²) in [7, 11) is -1.88. The van der Waals surface area contributed by atoms with Gasteiger partial charge in [-0.1, -0.05) is 34.6 Å². The predicted molar refractivity (Wildman–Crippen MR) is 82.4 cm³/mol. The summed E-state index contributed by atoms with van der Waals surface area (Å²) < 4.78 is 39.0. The summed E-state index contributed by atoms with van der Waals surface area (Å²) in [6.07, 6.45) is 1.15. The van der Waals surface area contributed by atoms with Gasteiger partial charge in [0.25, 0.3) is 0 Å². The average molecular weight is 301 g/mol. The van der Waals surface area contributed by atoms with Gasteiger partial charge < -0.3 is 0 Å². The zero-order valence-electron chi connectivity index (χ0n) is 13.3. The van der Waals surface area contributed by atoms with E-state index in [9.17, 15) is 12.8 Å². The van der Waals surface area contributed by atoms with E-state index in [2.05, 4.69) is 0 Å². The molecule has 0 spiro atoms. The lowest BCUT2D eigenvalue weighted by Crippen LogP contribution is -2.28. The Morgan fingerprint density at radius 3 is 2.05 bits per heavy atom. The van der Waals surface area contributed by atoms with Crippen molar-refractivity contribution in [1.29, 1.82) is 0 Å². The first-order valence-corrected chi connectivity index (χ1v) is 8.48. The van der Waals surface area contributed by atoms with Crippen LogP contribution >= 0.6 is 0 Å². The van der Waals surface area contributed by atoms with Crippen molar-refractivity contribution in [2.75, 3.05) is 17.6 Å². The molecular formula is C15H24FNO2S. The van der Waals surface area contributed by atoms with Gasteiger partial charge in [-0.15, -0.1) is 0 Å². The summed E-state index contributed by atoms with van der Waals surface area (Å²) >= 11 is 0. The molecule has 0 heterocycles. The second-order valence-corrected chi connectivity index (χ2v) is 8.54. The Labute approximate surface area is 121 Å². The minimum Gasteiger partial charge on any atom is -0.273 e. The van der Waals surface area contributed by atoms with Crippen molar-refractivity contribution < 1.29 is 12.8 Å². The van der Waals surface area contributed by atoms with Gasteiger partial charge in [0.15, 0.2) is 0 Å². The molecule has 20 heavy (non-hydrogen) atoms. The van der Waals surface area contributed by atoms with E-state index in [1.54, 1.807) is 6.07 Å². The maximum Gasteiger partial charge on any atom is 0.232 e. The molecule has 0 bridgehead atoms. The Hall–Kier alpha value is -1.10. The van der Waals surface area contributed by atoms with Gasteiger partial charge in [-0.05, 0) is 34.6 Å². The molecule has 1 aromatic rings. The highest BCUT2D eigenvalue weighted by Gasteiger charge is 2.26. The van der Waals surface area contributed by atoms with Crippen molar-refractivity contribution in [3.8, 4) is 0 Å². The third kappa shape index (κ3) is 3.51. The Morgan fingerprint density at radius 2 is 1.70 bits per heavy atom. The number of hydrogen-bond acceptors (Lipinski definition) is 2.